The molecule has 1 saturated heterocycles. The molecule has 1 aliphatic heterocycles. The lowest BCUT2D eigenvalue weighted by Crippen LogP contribution is -2.46. The Balaban J connectivity index is 1.46. The van der Waals surface area contributed by atoms with Crippen LogP contribution in [-0.2, 0) is 6.54 Å². The summed E-state index contributed by atoms with van der Waals surface area (Å²) in [5, 5.41) is 0.622. The third kappa shape index (κ3) is 3.17. The topological polar surface area (TPSA) is 56.6 Å². The summed E-state index contributed by atoms with van der Waals surface area (Å²) in [5.74, 6) is 0.698. The van der Waals surface area contributed by atoms with Gasteiger partial charge < -0.3 is 9.88 Å². The molecule has 0 bridgehead atoms. The van der Waals surface area contributed by atoms with Crippen molar-refractivity contribution < 1.29 is 0 Å². The van der Waals surface area contributed by atoms with Gasteiger partial charge in [-0.3, -0.25) is 9.69 Å². The van der Waals surface area contributed by atoms with Crippen LogP contribution in [0.25, 0.3) is 15.7 Å². The summed E-state index contributed by atoms with van der Waals surface area (Å²) in [7, 11) is 0. The van der Waals surface area contributed by atoms with Gasteiger partial charge in [0.2, 0.25) is 5.69 Å². The molecule has 0 atom stereocenters. The molecule has 6 heteroatoms. The average Bonchev–Trinajstić information content (AvgIpc) is 2.69. The van der Waals surface area contributed by atoms with Gasteiger partial charge in [0.1, 0.15) is 5.82 Å². The molecule has 2 heterocycles. The summed E-state index contributed by atoms with van der Waals surface area (Å²) in [6, 6.07) is 15.1. The van der Waals surface area contributed by atoms with Crippen LogP contribution in [0.5, 0.6) is 0 Å². The molecule has 130 valence electrons. The maximum absolute atomic E-state index is 12.2. The van der Waals surface area contributed by atoms with Crippen molar-refractivity contribution in [1.82, 2.24) is 14.9 Å². The first kappa shape index (κ1) is 16.3. The molecule has 1 fully saturated rings. The van der Waals surface area contributed by atoms with Gasteiger partial charge in [0, 0.05) is 31.9 Å². The van der Waals surface area contributed by atoms with E-state index in [0.717, 1.165) is 37.4 Å². The van der Waals surface area contributed by atoms with Gasteiger partial charge in [-0.25, -0.2) is 9.83 Å². The van der Waals surface area contributed by atoms with E-state index in [0.29, 0.717) is 23.4 Å². The minimum atomic E-state index is -0.0878. The van der Waals surface area contributed by atoms with Gasteiger partial charge in [0.15, 0.2) is 0 Å². The van der Waals surface area contributed by atoms with Crippen molar-refractivity contribution in [3.63, 3.8) is 0 Å². The second kappa shape index (κ2) is 6.98. The van der Waals surface area contributed by atoms with E-state index in [4.69, 9.17) is 6.57 Å². The van der Waals surface area contributed by atoms with E-state index in [9.17, 15) is 4.79 Å². The van der Waals surface area contributed by atoms with Crippen molar-refractivity contribution in [2.24, 2.45) is 0 Å². The zero-order valence-corrected chi connectivity index (χ0v) is 14.4. The summed E-state index contributed by atoms with van der Waals surface area (Å²) in [4.78, 5) is 27.8. The molecule has 0 aliphatic carbocycles. The lowest BCUT2D eigenvalue weighted by atomic mass is 10.2. The number of aromatic amines is 1. The quantitative estimate of drug-likeness (QED) is 0.742. The smallest absolute Gasteiger partial charge is 0.258 e. The molecule has 0 saturated carbocycles. The fraction of sp³-hybridized carbons (Fsp3) is 0.250. The molecular weight excluding hydrogens is 326 g/mol. The van der Waals surface area contributed by atoms with Crippen molar-refractivity contribution in [1.29, 1.82) is 0 Å². The number of hydrogen-bond acceptors (Lipinski definition) is 4. The Morgan fingerprint density at radius 3 is 2.58 bits per heavy atom. The van der Waals surface area contributed by atoms with Crippen molar-refractivity contribution >= 4 is 22.3 Å². The predicted molar refractivity (Wildman–Crippen MR) is 103 cm³/mol. The first-order chi connectivity index (χ1) is 12.7. The van der Waals surface area contributed by atoms with Crippen LogP contribution in [0, 0.1) is 6.57 Å². The fourth-order valence-corrected chi connectivity index (χ4v) is 3.39. The van der Waals surface area contributed by atoms with E-state index in [2.05, 4.69) is 24.6 Å². The number of aromatic nitrogens is 2. The van der Waals surface area contributed by atoms with Gasteiger partial charge in [-0.1, -0.05) is 30.3 Å². The summed E-state index contributed by atoms with van der Waals surface area (Å²) in [6.45, 7) is 11.4. The maximum Gasteiger partial charge on any atom is 0.258 e. The minimum absolute atomic E-state index is 0.0878. The van der Waals surface area contributed by atoms with Crippen molar-refractivity contribution in [3.05, 3.63) is 76.1 Å². The van der Waals surface area contributed by atoms with Crippen LogP contribution in [0.2, 0.25) is 0 Å². The van der Waals surface area contributed by atoms with Crippen LogP contribution in [0.1, 0.15) is 5.82 Å². The Hall–Kier alpha value is -3.17. The summed E-state index contributed by atoms with van der Waals surface area (Å²) in [6.07, 6.45) is 0. The van der Waals surface area contributed by atoms with Gasteiger partial charge in [-0.15, -0.1) is 0 Å². The highest BCUT2D eigenvalue weighted by atomic mass is 16.1. The van der Waals surface area contributed by atoms with Gasteiger partial charge in [-0.2, -0.15) is 0 Å². The molecule has 0 unspecified atom stereocenters. The first-order valence-corrected chi connectivity index (χ1v) is 8.66. The van der Waals surface area contributed by atoms with Crippen LogP contribution in [0.15, 0.2) is 53.3 Å². The number of para-hydroxylation sites is 3. The Morgan fingerprint density at radius 2 is 1.77 bits per heavy atom. The summed E-state index contributed by atoms with van der Waals surface area (Å²) < 4.78 is 0. The largest absolute Gasteiger partial charge is 0.378 e. The van der Waals surface area contributed by atoms with Gasteiger partial charge in [-0.05, 0) is 18.2 Å². The molecule has 0 radical (unpaired) electrons. The Kier molecular flexibility index (Phi) is 4.38. The SMILES string of the molecule is [C-]#[N+]c1ccccc1N1CCN(Cc2nc3ccccc3c(=O)[nH]2)CC1. The highest BCUT2D eigenvalue weighted by Gasteiger charge is 2.20. The number of piperazine rings is 1. The zero-order chi connectivity index (χ0) is 17.9. The number of anilines is 1. The second-order valence-corrected chi connectivity index (χ2v) is 6.39. The molecule has 6 nitrogen and oxygen atoms in total. The van der Waals surface area contributed by atoms with Crippen molar-refractivity contribution in [3.8, 4) is 0 Å². The fourth-order valence-electron chi connectivity index (χ4n) is 3.39. The van der Waals surface area contributed by atoms with E-state index in [1.54, 1.807) is 6.07 Å². The molecule has 3 aromatic rings. The first-order valence-electron chi connectivity index (χ1n) is 8.66. The van der Waals surface area contributed by atoms with Crippen LogP contribution in [0.3, 0.4) is 0 Å². The highest BCUT2D eigenvalue weighted by Crippen LogP contribution is 2.29. The van der Waals surface area contributed by atoms with E-state index in [1.165, 1.54) is 0 Å². The van der Waals surface area contributed by atoms with E-state index in [-0.39, 0.29) is 5.56 Å². The van der Waals surface area contributed by atoms with Crippen molar-refractivity contribution in [2.45, 2.75) is 6.54 Å². The average molecular weight is 345 g/mol. The lowest BCUT2D eigenvalue weighted by molar-refractivity contribution is 0.244. The number of benzene rings is 2. The van der Waals surface area contributed by atoms with Crippen LogP contribution >= 0.6 is 0 Å². The van der Waals surface area contributed by atoms with Crippen LogP contribution in [0.4, 0.5) is 11.4 Å². The molecule has 0 amide bonds. The number of fused-ring (bicyclic) bond motifs is 1. The molecule has 1 aromatic heterocycles. The molecule has 26 heavy (non-hydrogen) atoms. The third-order valence-corrected chi connectivity index (χ3v) is 4.75. The molecular formula is C20H19N5O. The Morgan fingerprint density at radius 1 is 1.04 bits per heavy atom. The summed E-state index contributed by atoms with van der Waals surface area (Å²) >= 11 is 0. The Labute approximate surface area is 151 Å². The second-order valence-electron chi connectivity index (χ2n) is 6.39. The Bertz CT molecular complexity index is 1030. The zero-order valence-electron chi connectivity index (χ0n) is 14.4. The standard InChI is InChI=1S/C20H19N5O/c1-21-17-8-4-5-9-18(17)25-12-10-24(11-13-25)14-19-22-16-7-3-2-6-15(16)20(26)23-19/h2-9H,10-14H2,(H,22,23,26). The molecule has 2 aromatic carbocycles. The van der Waals surface area contributed by atoms with Gasteiger partial charge in [0.25, 0.3) is 5.56 Å². The third-order valence-electron chi connectivity index (χ3n) is 4.75. The van der Waals surface area contributed by atoms with Crippen LogP contribution in [-0.4, -0.2) is 41.0 Å². The number of hydrogen-bond donors (Lipinski definition) is 1. The summed E-state index contributed by atoms with van der Waals surface area (Å²) in [5.41, 5.74) is 2.34. The monoisotopic (exact) mass is 345 g/mol. The normalized spacial score (nSPS) is 15.1. The van der Waals surface area contributed by atoms with Gasteiger partial charge >= 0.3 is 0 Å². The molecule has 1 aliphatic rings. The predicted octanol–water partition coefficient (Wildman–Crippen LogP) is 2.80. The van der Waals surface area contributed by atoms with E-state index < -0.39 is 0 Å². The number of rotatable bonds is 3. The van der Waals surface area contributed by atoms with E-state index in [1.807, 2.05) is 42.5 Å². The van der Waals surface area contributed by atoms with E-state index >= 15 is 0 Å². The number of H-pyrrole nitrogens is 1. The lowest BCUT2D eigenvalue weighted by Gasteiger charge is -2.36. The minimum Gasteiger partial charge on any atom is -0.378 e. The van der Waals surface area contributed by atoms with Gasteiger partial charge in [0.05, 0.1) is 24.0 Å². The number of nitrogens with zero attached hydrogens (tertiary/aromatic N) is 4. The van der Waals surface area contributed by atoms with Crippen LogP contribution < -0.4 is 10.5 Å². The molecule has 4 rings (SSSR count). The highest BCUT2D eigenvalue weighted by molar-refractivity contribution is 5.77. The maximum atomic E-state index is 12.2. The number of nitrogens with one attached hydrogen (secondary N) is 1. The molecule has 1 N–H and O–H groups in total. The molecule has 0 spiro atoms. The van der Waals surface area contributed by atoms with Crippen molar-refractivity contribution in [2.75, 3.05) is 31.1 Å².